The molecule has 3 heterocycles. The average molecular weight is 380 g/mol. The number of hydrogen-bond donors (Lipinski definition) is 0. The molecule has 0 bridgehead atoms. The molecule has 6 heteroatoms. The van der Waals surface area contributed by atoms with Crippen LogP contribution in [-0.2, 0) is 23.1 Å². The molecule has 0 unspecified atom stereocenters. The van der Waals surface area contributed by atoms with Gasteiger partial charge in [-0.25, -0.2) is 0 Å². The molecule has 1 aromatic heterocycles. The molecular formula is C22H28N4O2. The molecule has 0 radical (unpaired) electrons. The van der Waals surface area contributed by atoms with Gasteiger partial charge in [0.2, 0.25) is 11.8 Å². The van der Waals surface area contributed by atoms with Crippen molar-refractivity contribution in [3.8, 4) is 0 Å². The molecule has 6 nitrogen and oxygen atoms in total. The van der Waals surface area contributed by atoms with E-state index in [1.54, 1.807) is 13.1 Å². The van der Waals surface area contributed by atoms with Gasteiger partial charge in [-0.1, -0.05) is 30.3 Å². The lowest BCUT2D eigenvalue weighted by Gasteiger charge is -2.39. The third kappa shape index (κ3) is 3.55. The minimum absolute atomic E-state index is 0.143. The van der Waals surface area contributed by atoms with Crippen LogP contribution in [0.4, 0.5) is 0 Å². The summed E-state index contributed by atoms with van der Waals surface area (Å²) in [5, 5.41) is 4.17. The molecule has 148 valence electrons. The van der Waals surface area contributed by atoms with Crippen LogP contribution in [0.1, 0.15) is 36.9 Å². The van der Waals surface area contributed by atoms with Crippen molar-refractivity contribution in [1.29, 1.82) is 0 Å². The van der Waals surface area contributed by atoms with E-state index in [4.69, 9.17) is 0 Å². The van der Waals surface area contributed by atoms with Crippen molar-refractivity contribution < 1.29 is 9.59 Å². The SMILES string of the molecule is CC(=O)N1C[C@H](c2ccccc2)[C@H]2CN(C(=O)CCc3ccnn3C)CC[C@H]21. The Balaban J connectivity index is 1.47. The fourth-order valence-corrected chi connectivity index (χ4v) is 4.92. The van der Waals surface area contributed by atoms with E-state index in [2.05, 4.69) is 29.4 Å². The molecular weight excluding hydrogens is 352 g/mol. The highest BCUT2D eigenvalue weighted by Gasteiger charge is 2.46. The van der Waals surface area contributed by atoms with Crippen molar-refractivity contribution in [2.24, 2.45) is 13.0 Å². The smallest absolute Gasteiger partial charge is 0.222 e. The molecule has 0 N–H and O–H groups in total. The number of piperidine rings is 1. The highest BCUT2D eigenvalue weighted by atomic mass is 16.2. The Hall–Kier alpha value is -2.63. The number of amides is 2. The van der Waals surface area contributed by atoms with E-state index < -0.39 is 0 Å². The van der Waals surface area contributed by atoms with Gasteiger partial charge >= 0.3 is 0 Å². The summed E-state index contributed by atoms with van der Waals surface area (Å²) in [5.74, 6) is 0.945. The second kappa shape index (κ2) is 7.78. The maximum atomic E-state index is 12.9. The highest BCUT2D eigenvalue weighted by Crippen LogP contribution is 2.41. The minimum atomic E-state index is 0.143. The first-order valence-electron chi connectivity index (χ1n) is 10.1. The van der Waals surface area contributed by atoms with Crippen molar-refractivity contribution in [3.63, 3.8) is 0 Å². The van der Waals surface area contributed by atoms with E-state index >= 15 is 0 Å². The van der Waals surface area contributed by atoms with Crippen LogP contribution < -0.4 is 0 Å². The second-order valence-electron chi connectivity index (χ2n) is 7.99. The summed E-state index contributed by atoms with van der Waals surface area (Å²) in [4.78, 5) is 29.1. The lowest BCUT2D eigenvalue weighted by molar-refractivity contribution is -0.135. The molecule has 2 saturated heterocycles. The monoisotopic (exact) mass is 380 g/mol. The molecule has 2 aliphatic heterocycles. The minimum Gasteiger partial charge on any atom is -0.342 e. The van der Waals surface area contributed by atoms with E-state index in [-0.39, 0.29) is 17.9 Å². The third-order valence-corrected chi connectivity index (χ3v) is 6.43. The molecule has 2 aliphatic rings. The van der Waals surface area contributed by atoms with Crippen molar-refractivity contribution in [1.82, 2.24) is 19.6 Å². The predicted octanol–water partition coefficient (Wildman–Crippen LogP) is 2.22. The molecule has 1 aromatic carbocycles. The molecule has 3 atom stereocenters. The topological polar surface area (TPSA) is 58.4 Å². The first-order chi connectivity index (χ1) is 13.5. The number of nitrogens with zero attached hydrogens (tertiary/aromatic N) is 4. The Kier molecular flexibility index (Phi) is 5.20. The number of carbonyl (C=O) groups excluding carboxylic acids is 2. The van der Waals surface area contributed by atoms with Crippen LogP contribution in [0.2, 0.25) is 0 Å². The first kappa shape index (κ1) is 18.7. The van der Waals surface area contributed by atoms with Crippen molar-refractivity contribution in [2.75, 3.05) is 19.6 Å². The molecule has 2 fully saturated rings. The fraction of sp³-hybridized carbons (Fsp3) is 0.500. The maximum absolute atomic E-state index is 12.9. The maximum Gasteiger partial charge on any atom is 0.222 e. The van der Waals surface area contributed by atoms with Gasteiger partial charge in [0.15, 0.2) is 0 Å². The largest absolute Gasteiger partial charge is 0.342 e. The summed E-state index contributed by atoms with van der Waals surface area (Å²) in [7, 11) is 1.91. The molecule has 28 heavy (non-hydrogen) atoms. The van der Waals surface area contributed by atoms with Gasteiger partial charge in [-0.05, 0) is 24.5 Å². The number of carbonyl (C=O) groups is 2. The Labute approximate surface area is 166 Å². The van der Waals surface area contributed by atoms with Crippen molar-refractivity contribution >= 4 is 11.8 Å². The van der Waals surface area contributed by atoms with E-state index in [1.165, 1.54) is 5.56 Å². The number of aromatic nitrogens is 2. The number of likely N-dealkylation sites (tertiary alicyclic amines) is 2. The first-order valence-corrected chi connectivity index (χ1v) is 10.1. The summed E-state index contributed by atoms with van der Waals surface area (Å²) in [5.41, 5.74) is 2.35. The van der Waals surface area contributed by atoms with Crippen LogP contribution >= 0.6 is 0 Å². The zero-order chi connectivity index (χ0) is 19.7. The van der Waals surface area contributed by atoms with Gasteiger partial charge in [0.05, 0.1) is 0 Å². The third-order valence-electron chi connectivity index (χ3n) is 6.43. The standard InChI is InChI=1S/C22H28N4O2/c1-16(27)26-15-19(17-6-4-3-5-7-17)20-14-25(13-11-21(20)26)22(28)9-8-18-10-12-23-24(18)2/h3-7,10,12,19-21H,8-9,11,13-15H2,1-2H3/t19-,20-,21-/m1/s1. The summed E-state index contributed by atoms with van der Waals surface area (Å²) in [6, 6.07) is 12.6. The Morgan fingerprint density at radius 3 is 2.61 bits per heavy atom. The lowest BCUT2D eigenvalue weighted by Crippen LogP contribution is -2.49. The highest BCUT2D eigenvalue weighted by molar-refractivity contribution is 5.77. The van der Waals surface area contributed by atoms with E-state index in [9.17, 15) is 9.59 Å². The van der Waals surface area contributed by atoms with Gasteiger partial charge in [0, 0.05) is 69.8 Å². The normalized spacial score (nSPS) is 24.3. The van der Waals surface area contributed by atoms with Gasteiger partial charge in [-0.3, -0.25) is 14.3 Å². The summed E-state index contributed by atoms with van der Waals surface area (Å²) >= 11 is 0. The molecule has 2 aromatic rings. The zero-order valence-corrected chi connectivity index (χ0v) is 16.6. The van der Waals surface area contributed by atoms with Crippen LogP contribution in [0.3, 0.4) is 0 Å². The molecule has 0 saturated carbocycles. The Morgan fingerprint density at radius 1 is 1.14 bits per heavy atom. The van der Waals surface area contributed by atoms with E-state index in [0.29, 0.717) is 24.7 Å². The Bertz CT molecular complexity index is 847. The fourth-order valence-electron chi connectivity index (χ4n) is 4.92. The summed E-state index contributed by atoms with van der Waals surface area (Å²) in [6.45, 7) is 3.89. The second-order valence-corrected chi connectivity index (χ2v) is 7.99. The Morgan fingerprint density at radius 2 is 1.93 bits per heavy atom. The quantitative estimate of drug-likeness (QED) is 0.817. The summed E-state index contributed by atoms with van der Waals surface area (Å²) < 4.78 is 1.83. The van der Waals surface area contributed by atoms with Crippen molar-refractivity contribution in [2.45, 2.75) is 38.1 Å². The zero-order valence-electron chi connectivity index (χ0n) is 16.6. The van der Waals surface area contributed by atoms with Crippen LogP contribution in [0.15, 0.2) is 42.6 Å². The summed E-state index contributed by atoms with van der Waals surface area (Å²) in [6.07, 6.45) is 3.85. The van der Waals surface area contributed by atoms with E-state index in [0.717, 1.165) is 31.7 Å². The van der Waals surface area contributed by atoms with Crippen molar-refractivity contribution in [3.05, 3.63) is 53.9 Å². The van der Waals surface area contributed by atoms with Crippen LogP contribution in [0, 0.1) is 5.92 Å². The lowest BCUT2D eigenvalue weighted by atomic mass is 9.81. The molecule has 4 rings (SSSR count). The molecule has 0 spiro atoms. The number of benzene rings is 1. The van der Waals surface area contributed by atoms with Gasteiger partial charge in [0.25, 0.3) is 0 Å². The number of aryl methyl sites for hydroxylation is 2. The number of rotatable bonds is 4. The van der Waals surface area contributed by atoms with Gasteiger partial charge in [-0.15, -0.1) is 0 Å². The molecule has 0 aliphatic carbocycles. The van der Waals surface area contributed by atoms with Gasteiger partial charge in [-0.2, -0.15) is 5.10 Å². The van der Waals surface area contributed by atoms with Gasteiger partial charge in [0.1, 0.15) is 0 Å². The van der Waals surface area contributed by atoms with Crippen LogP contribution in [0.25, 0.3) is 0 Å². The van der Waals surface area contributed by atoms with Crippen LogP contribution in [-0.4, -0.2) is 57.1 Å². The number of hydrogen-bond acceptors (Lipinski definition) is 3. The number of fused-ring (bicyclic) bond motifs is 1. The average Bonchev–Trinajstić information content (AvgIpc) is 3.29. The van der Waals surface area contributed by atoms with E-state index in [1.807, 2.05) is 33.7 Å². The molecule has 2 amide bonds. The van der Waals surface area contributed by atoms with Crippen LogP contribution in [0.5, 0.6) is 0 Å². The van der Waals surface area contributed by atoms with Gasteiger partial charge < -0.3 is 9.80 Å². The predicted molar refractivity (Wildman–Crippen MR) is 107 cm³/mol.